The van der Waals surface area contributed by atoms with E-state index in [1.54, 1.807) is 6.26 Å². The zero-order chi connectivity index (χ0) is 20.1. The van der Waals surface area contributed by atoms with Gasteiger partial charge >= 0.3 is 0 Å². The lowest BCUT2D eigenvalue weighted by Gasteiger charge is -2.34. The molecular formula is C22H25N3O3S. The van der Waals surface area contributed by atoms with E-state index < -0.39 is 0 Å². The number of carbonyl (C=O) groups excluding carboxylic acids is 1. The van der Waals surface area contributed by atoms with Crippen LogP contribution in [0.1, 0.15) is 22.0 Å². The van der Waals surface area contributed by atoms with E-state index in [4.69, 9.17) is 9.15 Å². The Kier molecular flexibility index (Phi) is 6.27. The molecule has 0 atom stereocenters. The first-order chi connectivity index (χ1) is 14.2. The van der Waals surface area contributed by atoms with E-state index >= 15 is 0 Å². The SMILES string of the molecule is Cc1ccc(OCc2nc(CC(=O)N3CCN(Cc4ccco4)CC3)cs2)cc1. The third-order valence-electron chi connectivity index (χ3n) is 5.00. The van der Waals surface area contributed by atoms with Crippen LogP contribution in [0.15, 0.2) is 52.5 Å². The molecule has 152 valence electrons. The number of aryl methyl sites for hydroxylation is 1. The zero-order valence-electron chi connectivity index (χ0n) is 16.5. The van der Waals surface area contributed by atoms with Gasteiger partial charge in [0.25, 0.3) is 0 Å². The van der Waals surface area contributed by atoms with Crippen molar-refractivity contribution in [1.82, 2.24) is 14.8 Å². The standard InChI is InChI=1S/C22H25N3O3S/c1-17-4-6-19(7-5-17)28-15-21-23-18(16-29-21)13-22(26)25-10-8-24(9-11-25)14-20-3-2-12-27-20/h2-7,12,16H,8-11,13-15H2,1H3. The average Bonchev–Trinajstić information content (AvgIpc) is 3.40. The number of ether oxygens (including phenoxy) is 1. The fourth-order valence-electron chi connectivity index (χ4n) is 3.32. The Balaban J connectivity index is 1.22. The molecular weight excluding hydrogens is 386 g/mol. The highest BCUT2D eigenvalue weighted by molar-refractivity contribution is 7.09. The summed E-state index contributed by atoms with van der Waals surface area (Å²) in [6.45, 7) is 6.48. The van der Waals surface area contributed by atoms with Crippen LogP contribution in [0.5, 0.6) is 5.75 Å². The van der Waals surface area contributed by atoms with E-state index in [-0.39, 0.29) is 5.91 Å². The number of aromatic nitrogens is 1. The summed E-state index contributed by atoms with van der Waals surface area (Å²) in [5.74, 6) is 1.93. The lowest BCUT2D eigenvalue weighted by molar-refractivity contribution is -0.132. The minimum absolute atomic E-state index is 0.138. The van der Waals surface area contributed by atoms with Crippen LogP contribution in [-0.4, -0.2) is 46.9 Å². The van der Waals surface area contributed by atoms with Crippen molar-refractivity contribution in [1.29, 1.82) is 0 Å². The molecule has 29 heavy (non-hydrogen) atoms. The molecule has 1 aromatic carbocycles. The summed E-state index contributed by atoms with van der Waals surface area (Å²) in [7, 11) is 0. The van der Waals surface area contributed by atoms with E-state index in [2.05, 4.69) is 9.88 Å². The Bertz CT molecular complexity index is 913. The lowest BCUT2D eigenvalue weighted by Crippen LogP contribution is -2.48. The number of hydrogen-bond acceptors (Lipinski definition) is 6. The summed E-state index contributed by atoms with van der Waals surface area (Å²) in [5, 5.41) is 2.84. The monoisotopic (exact) mass is 411 g/mol. The van der Waals surface area contributed by atoms with Crippen LogP contribution < -0.4 is 4.74 Å². The predicted octanol–water partition coefficient (Wildman–Crippen LogP) is 3.51. The third kappa shape index (κ3) is 5.46. The Hall–Kier alpha value is -2.64. The van der Waals surface area contributed by atoms with E-state index in [1.807, 2.05) is 53.6 Å². The smallest absolute Gasteiger partial charge is 0.228 e. The van der Waals surface area contributed by atoms with Crippen LogP contribution in [0.25, 0.3) is 0 Å². The summed E-state index contributed by atoms with van der Waals surface area (Å²) in [6, 6.07) is 11.9. The molecule has 0 spiro atoms. The van der Waals surface area contributed by atoms with Crippen molar-refractivity contribution in [3.63, 3.8) is 0 Å². The normalized spacial score (nSPS) is 14.9. The highest BCUT2D eigenvalue weighted by Crippen LogP contribution is 2.17. The number of nitrogens with zero attached hydrogens (tertiary/aromatic N) is 3. The van der Waals surface area contributed by atoms with Crippen LogP contribution in [0.3, 0.4) is 0 Å². The number of furan rings is 1. The van der Waals surface area contributed by atoms with Gasteiger partial charge in [0.2, 0.25) is 5.91 Å². The maximum atomic E-state index is 12.6. The van der Waals surface area contributed by atoms with Gasteiger partial charge in [0, 0.05) is 31.6 Å². The van der Waals surface area contributed by atoms with Crippen molar-refractivity contribution in [2.24, 2.45) is 0 Å². The summed E-state index contributed by atoms with van der Waals surface area (Å²) in [6.07, 6.45) is 2.04. The molecule has 1 saturated heterocycles. The van der Waals surface area contributed by atoms with Crippen molar-refractivity contribution >= 4 is 17.2 Å². The van der Waals surface area contributed by atoms with Gasteiger partial charge < -0.3 is 14.1 Å². The van der Waals surface area contributed by atoms with Gasteiger partial charge in [-0.1, -0.05) is 17.7 Å². The Labute approximate surface area is 174 Å². The number of piperazine rings is 1. The Morgan fingerprint density at radius 2 is 1.97 bits per heavy atom. The van der Waals surface area contributed by atoms with Crippen LogP contribution in [-0.2, 0) is 24.4 Å². The van der Waals surface area contributed by atoms with Crippen molar-refractivity contribution in [2.75, 3.05) is 26.2 Å². The minimum atomic E-state index is 0.138. The average molecular weight is 412 g/mol. The van der Waals surface area contributed by atoms with Crippen LogP contribution in [0, 0.1) is 6.92 Å². The third-order valence-corrected chi connectivity index (χ3v) is 5.87. The molecule has 3 heterocycles. The molecule has 4 rings (SSSR count). The van der Waals surface area contributed by atoms with Gasteiger partial charge in [-0.15, -0.1) is 11.3 Å². The van der Waals surface area contributed by atoms with E-state index in [0.29, 0.717) is 13.0 Å². The molecule has 0 aliphatic carbocycles. The molecule has 1 amide bonds. The van der Waals surface area contributed by atoms with Crippen LogP contribution in [0.2, 0.25) is 0 Å². The summed E-state index contributed by atoms with van der Waals surface area (Å²) in [5.41, 5.74) is 2.02. The lowest BCUT2D eigenvalue weighted by atomic mass is 10.2. The van der Waals surface area contributed by atoms with E-state index in [9.17, 15) is 4.79 Å². The summed E-state index contributed by atoms with van der Waals surface area (Å²) < 4.78 is 11.2. The highest BCUT2D eigenvalue weighted by atomic mass is 32.1. The van der Waals surface area contributed by atoms with E-state index in [1.165, 1.54) is 16.9 Å². The summed E-state index contributed by atoms with van der Waals surface area (Å²) >= 11 is 1.54. The molecule has 1 fully saturated rings. The molecule has 0 bridgehead atoms. The molecule has 0 radical (unpaired) electrons. The first-order valence-corrected chi connectivity index (χ1v) is 10.7. The number of amides is 1. The summed E-state index contributed by atoms with van der Waals surface area (Å²) in [4.78, 5) is 21.4. The number of thiazole rings is 1. The maximum absolute atomic E-state index is 12.6. The van der Waals surface area contributed by atoms with Gasteiger partial charge in [-0.05, 0) is 31.2 Å². The Morgan fingerprint density at radius 1 is 1.17 bits per heavy atom. The highest BCUT2D eigenvalue weighted by Gasteiger charge is 2.22. The van der Waals surface area contributed by atoms with Crippen LogP contribution >= 0.6 is 11.3 Å². The number of benzene rings is 1. The molecule has 0 N–H and O–H groups in total. The maximum Gasteiger partial charge on any atom is 0.228 e. The van der Waals surface area contributed by atoms with Gasteiger partial charge in [-0.25, -0.2) is 4.98 Å². The van der Waals surface area contributed by atoms with Gasteiger partial charge in [0.05, 0.1) is 24.9 Å². The second-order valence-electron chi connectivity index (χ2n) is 7.25. The van der Waals surface area contributed by atoms with Crippen molar-refractivity contribution in [3.8, 4) is 5.75 Å². The molecule has 0 saturated carbocycles. The fourth-order valence-corrected chi connectivity index (χ4v) is 4.03. The predicted molar refractivity (Wildman–Crippen MR) is 112 cm³/mol. The van der Waals surface area contributed by atoms with Gasteiger partial charge in [0.15, 0.2) is 0 Å². The zero-order valence-corrected chi connectivity index (χ0v) is 17.4. The quantitative estimate of drug-likeness (QED) is 0.595. The number of carbonyl (C=O) groups is 1. The van der Waals surface area contributed by atoms with Gasteiger partial charge in [-0.3, -0.25) is 9.69 Å². The van der Waals surface area contributed by atoms with Crippen LogP contribution in [0.4, 0.5) is 0 Å². The van der Waals surface area contributed by atoms with Gasteiger partial charge in [0.1, 0.15) is 23.1 Å². The Morgan fingerprint density at radius 3 is 2.69 bits per heavy atom. The first-order valence-electron chi connectivity index (χ1n) is 9.81. The first kappa shape index (κ1) is 19.7. The minimum Gasteiger partial charge on any atom is -0.486 e. The van der Waals surface area contributed by atoms with Crippen molar-refractivity contribution in [3.05, 3.63) is 70.1 Å². The van der Waals surface area contributed by atoms with Crippen molar-refractivity contribution in [2.45, 2.75) is 26.5 Å². The molecule has 1 aliphatic heterocycles. The van der Waals surface area contributed by atoms with E-state index in [0.717, 1.165) is 54.9 Å². The molecule has 6 nitrogen and oxygen atoms in total. The largest absolute Gasteiger partial charge is 0.486 e. The topological polar surface area (TPSA) is 58.8 Å². The number of rotatable bonds is 7. The molecule has 0 unspecified atom stereocenters. The second-order valence-corrected chi connectivity index (χ2v) is 8.19. The molecule has 3 aromatic rings. The number of hydrogen-bond donors (Lipinski definition) is 0. The molecule has 7 heteroatoms. The van der Waals surface area contributed by atoms with Gasteiger partial charge in [-0.2, -0.15) is 0 Å². The molecule has 1 aliphatic rings. The fraction of sp³-hybridized carbons (Fsp3) is 0.364. The van der Waals surface area contributed by atoms with Crippen molar-refractivity contribution < 1.29 is 13.9 Å². The molecule has 2 aromatic heterocycles. The second kappa shape index (κ2) is 9.24.